The van der Waals surface area contributed by atoms with Crippen LogP contribution in [-0.4, -0.2) is 33.6 Å². The molecule has 0 aromatic heterocycles. The molecule has 0 amide bonds. The molecule has 0 rings (SSSR count). The third kappa shape index (κ3) is 9.49. The summed E-state index contributed by atoms with van der Waals surface area (Å²) in [5, 5.41) is 3.22. The molecular weight excluding hydrogens is 262 g/mol. The Labute approximate surface area is 133 Å². The van der Waals surface area contributed by atoms with Gasteiger partial charge in [0.25, 0.3) is 0 Å². The highest BCUT2D eigenvalue weighted by Crippen LogP contribution is 2.31. The summed E-state index contributed by atoms with van der Waals surface area (Å²) in [6.07, 6.45) is 13.0. The van der Waals surface area contributed by atoms with E-state index in [1.54, 1.807) is 14.2 Å². The van der Waals surface area contributed by atoms with Crippen molar-refractivity contribution in [2.75, 3.05) is 27.8 Å². The molecule has 0 aliphatic heterocycles. The van der Waals surface area contributed by atoms with Crippen LogP contribution >= 0.6 is 0 Å². The van der Waals surface area contributed by atoms with E-state index in [-0.39, 0.29) is 0 Å². The second kappa shape index (κ2) is 13.5. The van der Waals surface area contributed by atoms with Crippen molar-refractivity contribution in [3.05, 3.63) is 0 Å². The van der Waals surface area contributed by atoms with Crippen LogP contribution in [0.25, 0.3) is 0 Å². The third-order valence-electron chi connectivity index (χ3n) is 4.69. The first-order valence-electron chi connectivity index (χ1n) is 8.89. The number of methoxy groups -OCH3 is 2. The Morgan fingerprint density at radius 2 is 1.38 bits per heavy atom. The lowest BCUT2D eigenvalue weighted by Gasteiger charge is -2.35. The second-order valence-corrected chi connectivity index (χ2v) is 6.28. The van der Waals surface area contributed by atoms with E-state index < -0.39 is 5.79 Å². The van der Waals surface area contributed by atoms with Gasteiger partial charge in [-0.2, -0.15) is 0 Å². The lowest BCUT2D eigenvalue weighted by Crippen LogP contribution is -2.39. The molecule has 0 fully saturated rings. The Balaban J connectivity index is 4.12. The minimum atomic E-state index is -0.428. The molecule has 3 heteroatoms. The van der Waals surface area contributed by atoms with Crippen molar-refractivity contribution in [2.24, 2.45) is 5.92 Å². The molecule has 21 heavy (non-hydrogen) atoms. The molecule has 128 valence electrons. The molecule has 0 saturated carbocycles. The van der Waals surface area contributed by atoms with Gasteiger partial charge in [-0.25, -0.2) is 0 Å². The van der Waals surface area contributed by atoms with Gasteiger partial charge in [0.05, 0.1) is 0 Å². The van der Waals surface area contributed by atoms with E-state index in [9.17, 15) is 0 Å². The van der Waals surface area contributed by atoms with Gasteiger partial charge in [0, 0.05) is 20.1 Å². The zero-order chi connectivity index (χ0) is 16.0. The van der Waals surface area contributed by atoms with E-state index in [0.717, 1.165) is 6.54 Å². The first-order chi connectivity index (χ1) is 10.1. The predicted octanol–water partition coefficient (Wildman–Crippen LogP) is 4.75. The summed E-state index contributed by atoms with van der Waals surface area (Å²) in [7, 11) is 5.55. The highest BCUT2D eigenvalue weighted by atomic mass is 16.7. The normalized spacial score (nSPS) is 13.6. The molecule has 0 radical (unpaired) electrons. The van der Waals surface area contributed by atoms with E-state index in [2.05, 4.69) is 19.2 Å². The fourth-order valence-electron chi connectivity index (χ4n) is 2.95. The number of ether oxygens (including phenoxy) is 2. The van der Waals surface area contributed by atoms with Crippen LogP contribution in [0.15, 0.2) is 0 Å². The average molecular weight is 302 g/mol. The Morgan fingerprint density at radius 3 is 1.90 bits per heavy atom. The van der Waals surface area contributed by atoms with Crippen LogP contribution in [0.3, 0.4) is 0 Å². The number of hydrogen-bond donors (Lipinski definition) is 1. The van der Waals surface area contributed by atoms with Crippen LogP contribution < -0.4 is 5.32 Å². The average Bonchev–Trinajstić information content (AvgIpc) is 2.51. The Bertz CT molecular complexity index is 217. The first-order valence-corrected chi connectivity index (χ1v) is 8.89. The quantitative estimate of drug-likeness (QED) is 0.350. The number of unbranched alkanes of at least 4 members (excludes halogenated alkanes) is 6. The third-order valence-corrected chi connectivity index (χ3v) is 4.69. The van der Waals surface area contributed by atoms with Gasteiger partial charge in [-0.15, -0.1) is 0 Å². The summed E-state index contributed by atoms with van der Waals surface area (Å²) in [5.74, 6) is 0.0683. The molecule has 3 nitrogen and oxygen atoms in total. The van der Waals surface area contributed by atoms with Gasteiger partial charge in [0.15, 0.2) is 5.79 Å². The molecule has 0 spiro atoms. The summed E-state index contributed by atoms with van der Waals surface area (Å²) in [6, 6.07) is 0. The van der Waals surface area contributed by atoms with E-state index in [1.165, 1.54) is 64.2 Å². The van der Waals surface area contributed by atoms with Gasteiger partial charge in [-0.05, 0) is 39.8 Å². The van der Waals surface area contributed by atoms with Crippen molar-refractivity contribution in [1.29, 1.82) is 0 Å². The highest BCUT2D eigenvalue weighted by molar-refractivity contribution is 4.75. The zero-order valence-corrected chi connectivity index (χ0v) is 15.2. The van der Waals surface area contributed by atoms with Gasteiger partial charge in [0.2, 0.25) is 0 Å². The molecular formula is C18H39NO2. The maximum absolute atomic E-state index is 5.66. The molecule has 0 heterocycles. The molecule has 0 bridgehead atoms. The molecule has 0 aromatic rings. The maximum atomic E-state index is 5.66. The largest absolute Gasteiger partial charge is 0.353 e. The van der Waals surface area contributed by atoms with Crippen LogP contribution in [0.2, 0.25) is 0 Å². The predicted molar refractivity (Wildman–Crippen MR) is 91.7 cm³/mol. The van der Waals surface area contributed by atoms with E-state index in [0.29, 0.717) is 5.92 Å². The Hall–Kier alpha value is -0.120. The zero-order valence-electron chi connectivity index (χ0n) is 15.2. The summed E-state index contributed by atoms with van der Waals surface area (Å²) in [6.45, 7) is 5.46. The molecule has 0 aliphatic carbocycles. The lowest BCUT2D eigenvalue weighted by atomic mass is 9.88. The number of hydrogen-bond acceptors (Lipinski definition) is 3. The molecule has 0 aliphatic rings. The van der Waals surface area contributed by atoms with Gasteiger partial charge < -0.3 is 14.8 Å². The van der Waals surface area contributed by atoms with Crippen molar-refractivity contribution < 1.29 is 9.47 Å². The van der Waals surface area contributed by atoms with Gasteiger partial charge >= 0.3 is 0 Å². The topological polar surface area (TPSA) is 30.5 Å². The number of nitrogens with one attached hydrogen (secondary N) is 1. The van der Waals surface area contributed by atoms with Gasteiger partial charge in [0.1, 0.15) is 0 Å². The smallest absolute Gasteiger partial charge is 0.167 e. The van der Waals surface area contributed by atoms with Crippen LogP contribution in [0.4, 0.5) is 0 Å². The van der Waals surface area contributed by atoms with E-state index in [1.807, 2.05) is 7.05 Å². The molecule has 0 saturated heterocycles. The van der Waals surface area contributed by atoms with Crippen molar-refractivity contribution in [3.63, 3.8) is 0 Å². The van der Waals surface area contributed by atoms with Crippen LogP contribution in [0.5, 0.6) is 0 Å². The molecule has 1 unspecified atom stereocenters. The van der Waals surface area contributed by atoms with Gasteiger partial charge in [-0.3, -0.25) is 0 Å². The van der Waals surface area contributed by atoms with E-state index in [4.69, 9.17) is 9.47 Å². The fourth-order valence-corrected chi connectivity index (χ4v) is 2.95. The summed E-state index contributed by atoms with van der Waals surface area (Å²) < 4.78 is 11.3. The van der Waals surface area contributed by atoms with E-state index >= 15 is 0 Å². The second-order valence-electron chi connectivity index (χ2n) is 6.28. The highest BCUT2D eigenvalue weighted by Gasteiger charge is 2.33. The SMILES string of the molecule is CCCCCCCCC(CCCCNC)C(C)(OC)OC. The number of rotatable bonds is 15. The van der Waals surface area contributed by atoms with Crippen LogP contribution in [0, 0.1) is 5.92 Å². The monoisotopic (exact) mass is 301 g/mol. The van der Waals surface area contributed by atoms with Crippen molar-refractivity contribution in [2.45, 2.75) is 83.8 Å². The summed E-state index contributed by atoms with van der Waals surface area (Å²) >= 11 is 0. The van der Waals surface area contributed by atoms with Crippen molar-refractivity contribution in [1.82, 2.24) is 5.32 Å². The maximum Gasteiger partial charge on any atom is 0.167 e. The van der Waals surface area contributed by atoms with Crippen LogP contribution in [0.1, 0.15) is 78.1 Å². The van der Waals surface area contributed by atoms with Crippen molar-refractivity contribution in [3.8, 4) is 0 Å². The summed E-state index contributed by atoms with van der Waals surface area (Å²) in [5.41, 5.74) is 0. The lowest BCUT2D eigenvalue weighted by molar-refractivity contribution is -0.230. The first kappa shape index (κ1) is 20.9. The molecule has 1 atom stereocenters. The van der Waals surface area contributed by atoms with Crippen LogP contribution in [-0.2, 0) is 9.47 Å². The van der Waals surface area contributed by atoms with Crippen molar-refractivity contribution >= 4 is 0 Å². The minimum absolute atomic E-state index is 0.428. The standard InChI is InChI=1S/C18H39NO2/c1-6-7-8-9-10-11-14-17(15-12-13-16-19-3)18(2,20-4)21-5/h17,19H,6-16H2,1-5H3. The Kier molecular flexibility index (Phi) is 13.5. The Morgan fingerprint density at radius 1 is 0.857 bits per heavy atom. The fraction of sp³-hybridized carbons (Fsp3) is 1.00. The molecule has 0 aromatic carbocycles. The summed E-state index contributed by atoms with van der Waals surface area (Å²) in [4.78, 5) is 0. The molecule has 1 N–H and O–H groups in total. The van der Waals surface area contributed by atoms with Gasteiger partial charge in [-0.1, -0.05) is 51.9 Å². The minimum Gasteiger partial charge on any atom is -0.353 e.